The quantitative estimate of drug-likeness (QED) is 0.565. The number of benzene rings is 2. The molecule has 4 aromatic rings. The molecule has 0 radical (unpaired) electrons. The number of aromatic nitrogens is 3. The van der Waals surface area contributed by atoms with E-state index < -0.39 is 0 Å². The van der Waals surface area contributed by atoms with Crippen LogP contribution in [-0.4, -0.2) is 27.6 Å². The molecule has 0 saturated heterocycles. The molecule has 0 spiro atoms. The van der Waals surface area contributed by atoms with Crippen LogP contribution >= 0.6 is 0 Å². The molecule has 26 heavy (non-hydrogen) atoms. The van der Waals surface area contributed by atoms with Crippen LogP contribution in [0.15, 0.2) is 79.3 Å². The number of hydrogen-bond acceptors (Lipinski definition) is 4. The monoisotopic (exact) mass is 344 g/mol. The smallest absolute Gasteiger partial charge is 0.263 e. The van der Waals surface area contributed by atoms with E-state index in [0.29, 0.717) is 17.0 Å². The van der Waals surface area contributed by atoms with Crippen molar-refractivity contribution >= 4 is 17.2 Å². The highest BCUT2D eigenvalue weighted by atomic mass is 16.5. The zero-order valence-corrected chi connectivity index (χ0v) is 14.1. The van der Waals surface area contributed by atoms with Gasteiger partial charge in [0.1, 0.15) is 17.1 Å². The van der Waals surface area contributed by atoms with Crippen LogP contribution in [0, 0.1) is 0 Å². The lowest BCUT2D eigenvalue weighted by Gasteiger charge is -2.17. The molecule has 128 valence electrons. The number of nitrogens with zero attached hydrogens (tertiary/aromatic N) is 4. The van der Waals surface area contributed by atoms with E-state index in [1.807, 2.05) is 54.6 Å². The summed E-state index contributed by atoms with van der Waals surface area (Å²) in [5, 5.41) is 4.16. The van der Waals surface area contributed by atoms with Crippen molar-refractivity contribution in [2.75, 3.05) is 11.9 Å². The summed E-state index contributed by atoms with van der Waals surface area (Å²) in [6.07, 6.45) is 4.94. The Labute approximate surface area is 150 Å². The minimum Gasteiger partial charge on any atom is -0.457 e. The van der Waals surface area contributed by atoms with Gasteiger partial charge in [-0.25, -0.2) is 9.50 Å². The number of hydrogen-bond donors (Lipinski definition) is 0. The summed E-state index contributed by atoms with van der Waals surface area (Å²) in [5.41, 5.74) is 1.75. The van der Waals surface area contributed by atoms with E-state index in [-0.39, 0.29) is 5.91 Å². The Balaban J connectivity index is 1.54. The van der Waals surface area contributed by atoms with Crippen LogP contribution < -0.4 is 9.64 Å². The molecule has 0 fully saturated rings. The molecule has 1 amide bonds. The van der Waals surface area contributed by atoms with Gasteiger partial charge in [-0.2, -0.15) is 5.10 Å². The molecule has 0 unspecified atom stereocenters. The predicted molar refractivity (Wildman–Crippen MR) is 98.7 cm³/mol. The van der Waals surface area contributed by atoms with Gasteiger partial charge in [0.25, 0.3) is 5.91 Å². The Hall–Kier alpha value is -3.67. The van der Waals surface area contributed by atoms with Crippen LogP contribution in [0.3, 0.4) is 0 Å². The van der Waals surface area contributed by atoms with Gasteiger partial charge < -0.3 is 9.64 Å². The number of carbonyl (C=O) groups excluding carboxylic acids is 1. The highest BCUT2D eigenvalue weighted by molar-refractivity contribution is 6.09. The van der Waals surface area contributed by atoms with E-state index in [9.17, 15) is 4.79 Å². The average Bonchev–Trinajstić information content (AvgIpc) is 3.12. The largest absolute Gasteiger partial charge is 0.457 e. The van der Waals surface area contributed by atoms with Gasteiger partial charge >= 0.3 is 0 Å². The van der Waals surface area contributed by atoms with E-state index in [2.05, 4.69) is 10.1 Å². The lowest BCUT2D eigenvalue weighted by atomic mass is 10.2. The molecule has 2 aromatic heterocycles. The molecule has 2 aromatic carbocycles. The summed E-state index contributed by atoms with van der Waals surface area (Å²) in [5.74, 6) is 1.30. The molecule has 0 atom stereocenters. The number of ether oxygens (including phenoxy) is 1. The van der Waals surface area contributed by atoms with Crippen LogP contribution in [0.5, 0.6) is 11.5 Å². The maximum absolute atomic E-state index is 12.8. The van der Waals surface area contributed by atoms with Crippen molar-refractivity contribution in [3.05, 3.63) is 84.8 Å². The fourth-order valence-electron chi connectivity index (χ4n) is 2.64. The predicted octanol–water partition coefficient (Wildman–Crippen LogP) is 3.80. The Kier molecular flexibility index (Phi) is 4.07. The molecule has 0 aliphatic carbocycles. The van der Waals surface area contributed by atoms with Gasteiger partial charge in [-0.15, -0.1) is 0 Å². The topological polar surface area (TPSA) is 59.7 Å². The van der Waals surface area contributed by atoms with Crippen molar-refractivity contribution in [1.29, 1.82) is 0 Å². The molecule has 0 bridgehead atoms. The number of para-hydroxylation sites is 1. The van der Waals surface area contributed by atoms with Crippen LogP contribution in [0.2, 0.25) is 0 Å². The first kappa shape index (κ1) is 15.8. The molecule has 2 heterocycles. The molecule has 6 nitrogen and oxygen atoms in total. The van der Waals surface area contributed by atoms with E-state index >= 15 is 0 Å². The molecule has 4 rings (SSSR count). The lowest BCUT2D eigenvalue weighted by Crippen LogP contribution is -2.26. The average molecular weight is 344 g/mol. The number of anilines is 1. The van der Waals surface area contributed by atoms with Gasteiger partial charge in [0.2, 0.25) is 0 Å². The molecule has 0 N–H and O–H groups in total. The van der Waals surface area contributed by atoms with Gasteiger partial charge in [-0.3, -0.25) is 4.79 Å². The number of rotatable bonds is 4. The van der Waals surface area contributed by atoms with Crippen LogP contribution in [0.4, 0.5) is 5.69 Å². The Bertz CT molecular complexity index is 1040. The summed E-state index contributed by atoms with van der Waals surface area (Å²) in [6, 6.07) is 18.7. The SMILES string of the molecule is CN(C(=O)c1cnn2cccnc12)c1ccc(Oc2ccccc2)cc1. The Morgan fingerprint density at radius 1 is 1.00 bits per heavy atom. The highest BCUT2D eigenvalue weighted by Gasteiger charge is 2.19. The normalized spacial score (nSPS) is 10.7. The molecular weight excluding hydrogens is 328 g/mol. The first-order valence-electron chi connectivity index (χ1n) is 8.12. The number of fused-ring (bicyclic) bond motifs is 1. The third kappa shape index (κ3) is 3.00. The van der Waals surface area contributed by atoms with E-state index in [1.165, 1.54) is 6.20 Å². The van der Waals surface area contributed by atoms with Gasteiger partial charge in [-0.1, -0.05) is 18.2 Å². The minimum absolute atomic E-state index is 0.171. The molecule has 0 saturated carbocycles. The van der Waals surface area contributed by atoms with Crippen molar-refractivity contribution < 1.29 is 9.53 Å². The molecule has 0 aliphatic rings. The second kappa shape index (κ2) is 6.68. The van der Waals surface area contributed by atoms with Crippen molar-refractivity contribution in [2.24, 2.45) is 0 Å². The first-order valence-corrected chi connectivity index (χ1v) is 8.12. The van der Waals surface area contributed by atoms with Gasteiger partial charge in [0.15, 0.2) is 5.65 Å². The summed E-state index contributed by atoms with van der Waals surface area (Å²) >= 11 is 0. The van der Waals surface area contributed by atoms with E-state index in [0.717, 1.165) is 11.4 Å². The maximum Gasteiger partial charge on any atom is 0.263 e. The van der Waals surface area contributed by atoms with Gasteiger partial charge in [-0.05, 0) is 42.5 Å². The van der Waals surface area contributed by atoms with Crippen LogP contribution in [0.1, 0.15) is 10.4 Å². The number of carbonyl (C=O) groups is 1. The highest BCUT2D eigenvalue weighted by Crippen LogP contribution is 2.25. The van der Waals surface area contributed by atoms with Crippen LogP contribution in [0.25, 0.3) is 5.65 Å². The van der Waals surface area contributed by atoms with Crippen molar-refractivity contribution in [3.63, 3.8) is 0 Å². The van der Waals surface area contributed by atoms with Gasteiger partial charge in [0.05, 0.1) is 6.20 Å². The number of amides is 1. The van der Waals surface area contributed by atoms with Crippen LogP contribution in [-0.2, 0) is 0 Å². The first-order chi connectivity index (χ1) is 12.7. The fraction of sp³-hybridized carbons (Fsp3) is 0.0500. The Morgan fingerprint density at radius 2 is 1.73 bits per heavy atom. The third-order valence-electron chi connectivity index (χ3n) is 4.02. The van der Waals surface area contributed by atoms with E-state index in [1.54, 1.807) is 34.9 Å². The summed E-state index contributed by atoms with van der Waals surface area (Å²) in [6.45, 7) is 0. The fourth-order valence-corrected chi connectivity index (χ4v) is 2.64. The molecule has 6 heteroatoms. The molecular formula is C20H16N4O2. The summed E-state index contributed by atoms with van der Waals surface area (Å²) < 4.78 is 7.36. The van der Waals surface area contributed by atoms with Gasteiger partial charge in [0, 0.05) is 25.1 Å². The zero-order valence-electron chi connectivity index (χ0n) is 14.1. The summed E-state index contributed by atoms with van der Waals surface area (Å²) in [4.78, 5) is 18.6. The van der Waals surface area contributed by atoms with Crippen molar-refractivity contribution in [1.82, 2.24) is 14.6 Å². The lowest BCUT2D eigenvalue weighted by molar-refractivity contribution is 0.0994. The second-order valence-electron chi connectivity index (χ2n) is 5.72. The zero-order chi connectivity index (χ0) is 17.9. The molecule has 0 aliphatic heterocycles. The van der Waals surface area contributed by atoms with Crippen molar-refractivity contribution in [2.45, 2.75) is 0 Å². The maximum atomic E-state index is 12.8. The standard InChI is InChI=1S/C20H16N4O2/c1-23(20(25)18-14-22-24-13-5-12-21-19(18)24)15-8-10-17(11-9-15)26-16-6-3-2-4-7-16/h2-14H,1H3. The van der Waals surface area contributed by atoms with Crippen molar-refractivity contribution in [3.8, 4) is 11.5 Å². The van der Waals surface area contributed by atoms with E-state index in [4.69, 9.17) is 4.74 Å². The third-order valence-corrected chi connectivity index (χ3v) is 4.02. The Morgan fingerprint density at radius 3 is 2.50 bits per heavy atom. The summed E-state index contributed by atoms with van der Waals surface area (Å²) in [7, 11) is 1.72. The minimum atomic E-state index is -0.171. The second-order valence-corrected chi connectivity index (χ2v) is 5.72.